The molecule has 1 aliphatic heterocycles. The first-order valence-corrected chi connectivity index (χ1v) is 11.5. The first-order chi connectivity index (χ1) is 15.6. The molecule has 7 heteroatoms. The molecule has 0 radical (unpaired) electrons. The molecule has 0 spiro atoms. The lowest BCUT2D eigenvalue weighted by atomic mass is 10.0. The quantitative estimate of drug-likeness (QED) is 0.488. The average molecular weight is 448 g/mol. The molecule has 0 aliphatic carbocycles. The van der Waals surface area contributed by atoms with Crippen LogP contribution < -0.4 is 20.3 Å². The SMILES string of the molecule is Cc1ccc(CNC(=S)Nc2nc(Oc3ccccc3)cc(N3CCCC[C@H]3C)n2)cc1. The zero-order chi connectivity index (χ0) is 22.3. The van der Waals surface area contributed by atoms with Gasteiger partial charge >= 0.3 is 0 Å². The van der Waals surface area contributed by atoms with Crippen molar-refractivity contribution < 1.29 is 4.74 Å². The summed E-state index contributed by atoms with van der Waals surface area (Å²) in [6, 6.07) is 20.3. The van der Waals surface area contributed by atoms with Crippen LogP contribution in [0.4, 0.5) is 11.8 Å². The summed E-state index contributed by atoms with van der Waals surface area (Å²) in [5.74, 6) is 2.49. The Kier molecular flexibility index (Phi) is 7.17. The van der Waals surface area contributed by atoms with Crippen LogP contribution in [-0.4, -0.2) is 27.7 Å². The highest BCUT2D eigenvalue weighted by atomic mass is 32.1. The third-order valence-electron chi connectivity index (χ3n) is 5.55. The minimum absolute atomic E-state index is 0.419. The molecule has 166 valence electrons. The van der Waals surface area contributed by atoms with Crippen LogP contribution >= 0.6 is 12.2 Å². The predicted octanol–water partition coefficient (Wildman–Crippen LogP) is 5.44. The molecule has 0 unspecified atom stereocenters. The van der Waals surface area contributed by atoms with Gasteiger partial charge in [-0.3, -0.25) is 0 Å². The van der Waals surface area contributed by atoms with E-state index in [-0.39, 0.29) is 0 Å². The first kappa shape index (κ1) is 22.0. The van der Waals surface area contributed by atoms with E-state index in [1.165, 1.54) is 12.0 Å². The highest BCUT2D eigenvalue weighted by Crippen LogP contribution is 2.28. The highest BCUT2D eigenvalue weighted by Gasteiger charge is 2.21. The maximum atomic E-state index is 6.03. The number of ether oxygens (including phenoxy) is 1. The summed E-state index contributed by atoms with van der Waals surface area (Å²) >= 11 is 5.50. The third kappa shape index (κ3) is 5.95. The number of thiocarbonyl (C=S) groups is 1. The van der Waals surface area contributed by atoms with Gasteiger partial charge in [0, 0.05) is 25.2 Å². The number of anilines is 2. The lowest BCUT2D eigenvalue weighted by Gasteiger charge is -2.34. The molecule has 2 aromatic carbocycles. The van der Waals surface area contributed by atoms with Crippen LogP contribution in [0, 0.1) is 6.92 Å². The van der Waals surface area contributed by atoms with Crippen molar-refractivity contribution in [2.45, 2.75) is 45.7 Å². The lowest BCUT2D eigenvalue weighted by molar-refractivity contribution is 0.457. The summed E-state index contributed by atoms with van der Waals surface area (Å²) in [5, 5.41) is 6.84. The van der Waals surface area contributed by atoms with Gasteiger partial charge in [-0.25, -0.2) is 0 Å². The van der Waals surface area contributed by atoms with Crippen molar-refractivity contribution in [2.24, 2.45) is 0 Å². The van der Waals surface area contributed by atoms with Gasteiger partial charge in [0.2, 0.25) is 11.8 Å². The molecule has 1 fully saturated rings. The van der Waals surface area contributed by atoms with Crippen molar-refractivity contribution >= 4 is 29.1 Å². The second-order valence-electron chi connectivity index (χ2n) is 8.13. The summed E-state index contributed by atoms with van der Waals surface area (Å²) < 4.78 is 6.03. The van der Waals surface area contributed by atoms with Crippen LogP contribution in [0.5, 0.6) is 11.6 Å². The Balaban J connectivity index is 1.51. The van der Waals surface area contributed by atoms with Crippen molar-refractivity contribution in [2.75, 3.05) is 16.8 Å². The van der Waals surface area contributed by atoms with Gasteiger partial charge in [-0.2, -0.15) is 9.97 Å². The summed E-state index contributed by atoms with van der Waals surface area (Å²) in [5.41, 5.74) is 2.39. The molecule has 0 saturated carbocycles. The molecule has 1 aromatic heterocycles. The van der Waals surface area contributed by atoms with Gasteiger partial charge in [-0.05, 0) is 63.0 Å². The van der Waals surface area contributed by atoms with Crippen LogP contribution in [0.25, 0.3) is 0 Å². The van der Waals surface area contributed by atoms with E-state index in [0.29, 0.717) is 29.5 Å². The van der Waals surface area contributed by atoms with Crippen molar-refractivity contribution in [3.63, 3.8) is 0 Å². The van der Waals surface area contributed by atoms with Gasteiger partial charge in [-0.1, -0.05) is 48.0 Å². The van der Waals surface area contributed by atoms with E-state index in [0.717, 1.165) is 36.5 Å². The Labute approximate surface area is 195 Å². The minimum Gasteiger partial charge on any atom is -0.439 e. The number of nitrogens with one attached hydrogen (secondary N) is 2. The summed E-state index contributed by atoms with van der Waals surface area (Å²) in [4.78, 5) is 11.6. The highest BCUT2D eigenvalue weighted by molar-refractivity contribution is 7.80. The number of para-hydroxylation sites is 1. The second-order valence-corrected chi connectivity index (χ2v) is 8.54. The van der Waals surface area contributed by atoms with Crippen molar-refractivity contribution in [1.82, 2.24) is 15.3 Å². The Morgan fingerprint density at radius 2 is 1.88 bits per heavy atom. The number of rotatable bonds is 6. The molecule has 4 rings (SSSR count). The molecular formula is C25H29N5OS. The molecule has 2 heterocycles. The number of nitrogens with zero attached hydrogens (tertiary/aromatic N) is 3. The monoisotopic (exact) mass is 447 g/mol. The van der Waals surface area contributed by atoms with E-state index >= 15 is 0 Å². The molecule has 3 aromatic rings. The number of hydrogen-bond acceptors (Lipinski definition) is 5. The standard InChI is InChI=1S/C25H29N5OS/c1-18-11-13-20(14-12-18)17-26-25(32)29-24-27-22(30-15-7-6-8-19(30)2)16-23(28-24)31-21-9-4-3-5-10-21/h3-5,9-14,16,19H,6-8,15,17H2,1-2H3,(H2,26,27,28,29,32)/t19-/m1/s1. The minimum atomic E-state index is 0.419. The number of benzene rings is 2. The Bertz CT molecular complexity index is 1040. The van der Waals surface area contributed by atoms with Gasteiger partial charge in [0.05, 0.1) is 0 Å². The largest absolute Gasteiger partial charge is 0.439 e. The second kappa shape index (κ2) is 10.4. The predicted molar refractivity (Wildman–Crippen MR) is 133 cm³/mol. The Morgan fingerprint density at radius 1 is 1.09 bits per heavy atom. The van der Waals surface area contributed by atoms with E-state index in [1.54, 1.807) is 0 Å². The fourth-order valence-electron chi connectivity index (χ4n) is 3.75. The number of piperidine rings is 1. The van der Waals surface area contributed by atoms with Crippen LogP contribution in [0.1, 0.15) is 37.3 Å². The van der Waals surface area contributed by atoms with E-state index in [1.807, 2.05) is 36.4 Å². The fourth-order valence-corrected chi connectivity index (χ4v) is 3.91. The van der Waals surface area contributed by atoms with E-state index in [4.69, 9.17) is 21.9 Å². The lowest BCUT2D eigenvalue weighted by Crippen LogP contribution is -2.38. The van der Waals surface area contributed by atoms with Gasteiger partial charge in [0.1, 0.15) is 11.6 Å². The van der Waals surface area contributed by atoms with Crippen LogP contribution in [0.3, 0.4) is 0 Å². The molecule has 0 bridgehead atoms. The van der Waals surface area contributed by atoms with E-state index < -0.39 is 0 Å². The molecule has 6 nitrogen and oxygen atoms in total. The molecular weight excluding hydrogens is 418 g/mol. The van der Waals surface area contributed by atoms with Gasteiger partial charge in [0.15, 0.2) is 5.11 Å². The molecule has 32 heavy (non-hydrogen) atoms. The zero-order valence-electron chi connectivity index (χ0n) is 18.5. The maximum Gasteiger partial charge on any atom is 0.234 e. The molecule has 1 aliphatic rings. The normalized spacial score (nSPS) is 15.8. The topological polar surface area (TPSA) is 62.3 Å². The summed E-state index contributed by atoms with van der Waals surface area (Å²) in [6.07, 6.45) is 3.55. The zero-order valence-corrected chi connectivity index (χ0v) is 19.4. The van der Waals surface area contributed by atoms with Gasteiger partial charge in [-0.15, -0.1) is 0 Å². The molecule has 1 saturated heterocycles. The maximum absolute atomic E-state index is 6.03. The van der Waals surface area contributed by atoms with Crippen LogP contribution in [0.2, 0.25) is 0 Å². The van der Waals surface area contributed by atoms with Crippen molar-refractivity contribution in [3.8, 4) is 11.6 Å². The number of aryl methyl sites for hydroxylation is 1. The smallest absolute Gasteiger partial charge is 0.234 e. The van der Waals surface area contributed by atoms with Crippen molar-refractivity contribution in [1.29, 1.82) is 0 Å². The first-order valence-electron chi connectivity index (χ1n) is 11.1. The van der Waals surface area contributed by atoms with E-state index in [2.05, 4.69) is 58.6 Å². The van der Waals surface area contributed by atoms with Gasteiger partial charge < -0.3 is 20.3 Å². The average Bonchev–Trinajstić information content (AvgIpc) is 2.79. The Hall–Kier alpha value is -3.19. The van der Waals surface area contributed by atoms with E-state index in [9.17, 15) is 0 Å². The number of aromatic nitrogens is 2. The molecule has 0 amide bonds. The molecule has 2 N–H and O–H groups in total. The fraction of sp³-hybridized carbons (Fsp3) is 0.320. The van der Waals surface area contributed by atoms with Crippen molar-refractivity contribution in [3.05, 3.63) is 71.8 Å². The van der Waals surface area contributed by atoms with Crippen LogP contribution in [-0.2, 0) is 6.54 Å². The summed E-state index contributed by atoms with van der Waals surface area (Å²) in [7, 11) is 0. The summed E-state index contributed by atoms with van der Waals surface area (Å²) in [6.45, 7) is 5.91. The van der Waals surface area contributed by atoms with Gasteiger partial charge in [0.25, 0.3) is 0 Å². The molecule has 1 atom stereocenters. The number of hydrogen-bond donors (Lipinski definition) is 2. The van der Waals surface area contributed by atoms with Crippen LogP contribution in [0.15, 0.2) is 60.7 Å². The Morgan fingerprint density at radius 3 is 2.62 bits per heavy atom. The third-order valence-corrected chi connectivity index (χ3v) is 5.80.